The van der Waals surface area contributed by atoms with Gasteiger partial charge in [-0.1, -0.05) is 41.9 Å². The molecule has 2 aromatic carbocycles. The van der Waals surface area contributed by atoms with Crippen molar-refractivity contribution in [2.24, 2.45) is 5.41 Å². The molecular weight excluding hydrogens is 366 g/mol. The summed E-state index contributed by atoms with van der Waals surface area (Å²) in [4.78, 5) is 37.1. The molecule has 1 amide bonds. The van der Waals surface area contributed by atoms with Crippen LogP contribution in [-0.4, -0.2) is 17.7 Å². The molecule has 0 bridgehead atoms. The Labute approximate surface area is 163 Å². The van der Waals surface area contributed by atoms with Gasteiger partial charge in [0.1, 0.15) is 0 Å². The molecule has 2 rings (SSSR count). The molecule has 27 heavy (non-hydrogen) atoms. The Balaban J connectivity index is 2.35. The number of nitrogens with one attached hydrogen (secondary N) is 1. The summed E-state index contributed by atoms with van der Waals surface area (Å²) in [6.45, 7) is 6.52. The maximum absolute atomic E-state index is 12.9. The number of esters is 1. The van der Waals surface area contributed by atoms with E-state index in [2.05, 4.69) is 5.32 Å². The second-order valence-corrected chi connectivity index (χ2v) is 7.62. The highest BCUT2D eigenvalue weighted by Crippen LogP contribution is 2.27. The lowest BCUT2D eigenvalue weighted by atomic mass is 9.97. The maximum atomic E-state index is 12.9. The number of hydrogen-bond donors (Lipinski definition) is 1. The van der Waals surface area contributed by atoms with Crippen LogP contribution >= 0.6 is 11.6 Å². The molecule has 0 aliphatic carbocycles. The molecule has 0 saturated heterocycles. The number of ketones is 1. The minimum absolute atomic E-state index is 0.240. The molecule has 0 fully saturated rings. The van der Waals surface area contributed by atoms with E-state index in [0.29, 0.717) is 16.3 Å². The summed E-state index contributed by atoms with van der Waals surface area (Å²) in [6.07, 6.45) is -1.14. The van der Waals surface area contributed by atoms with Gasteiger partial charge in [-0.3, -0.25) is 14.4 Å². The first kappa shape index (κ1) is 20.6. The van der Waals surface area contributed by atoms with Gasteiger partial charge in [0.2, 0.25) is 6.10 Å². The van der Waals surface area contributed by atoms with Gasteiger partial charge in [-0.25, -0.2) is 0 Å². The number of benzene rings is 2. The molecule has 0 heterocycles. The van der Waals surface area contributed by atoms with E-state index in [1.807, 2.05) is 0 Å². The molecule has 0 radical (unpaired) electrons. The first-order valence-corrected chi connectivity index (χ1v) is 8.85. The van der Waals surface area contributed by atoms with Crippen molar-refractivity contribution >= 4 is 34.9 Å². The predicted octanol–water partition coefficient (Wildman–Crippen LogP) is 4.81. The number of hydrogen-bond acceptors (Lipinski definition) is 4. The molecule has 5 nitrogen and oxygen atoms in total. The first-order chi connectivity index (χ1) is 12.6. The Morgan fingerprint density at radius 1 is 1.04 bits per heavy atom. The number of Topliss-reactive ketones (excluding diaryl/α,β-unsaturated/α-hetero) is 1. The van der Waals surface area contributed by atoms with Gasteiger partial charge in [0.25, 0.3) is 5.91 Å². The van der Waals surface area contributed by atoms with Crippen molar-refractivity contribution < 1.29 is 19.1 Å². The molecule has 2 aromatic rings. The van der Waals surface area contributed by atoms with Crippen molar-refractivity contribution in [2.45, 2.75) is 33.8 Å². The van der Waals surface area contributed by atoms with Crippen molar-refractivity contribution in [3.63, 3.8) is 0 Å². The van der Waals surface area contributed by atoms with Crippen LogP contribution in [-0.2, 0) is 14.3 Å². The van der Waals surface area contributed by atoms with Crippen LogP contribution in [0.4, 0.5) is 5.69 Å². The van der Waals surface area contributed by atoms with Gasteiger partial charge < -0.3 is 10.1 Å². The van der Waals surface area contributed by atoms with Crippen molar-refractivity contribution in [1.29, 1.82) is 0 Å². The Hall–Kier alpha value is -2.66. The molecule has 1 N–H and O–H groups in total. The molecule has 0 spiro atoms. The Bertz CT molecular complexity index is 856. The average Bonchev–Trinajstić information content (AvgIpc) is 2.60. The molecule has 0 aliphatic rings. The van der Waals surface area contributed by atoms with Crippen molar-refractivity contribution in [3.8, 4) is 0 Å². The van der Waals surface area contributed by atoms with Crippen LogP contribution in [0.25, 0.3) is 0 Å². The topological polar surface area (TPSA) is 72.5 Å². The highest BCUT2D eigenvalue weighted by Gasteiger charge is 2.31. The zero-order valence-electron chi connectivity index (χ0n) is 15.7. The van der Waals surface area contributed by atoms with E-state index < -0.39 is 23.4 Å². The number of anilines is 1. The number of ether oxygens (including phenoxy) is 1. The molecule has 0 aliphatic heterocycles. The fourth-order valence-corrected chi connectivity index (χ4v) is 2.47. The van der Waals surface area contributed by atoms with Gasteiger partial charge in [0.15, 0.2) is 5.78 Å². The normalized spacial score (nSPS) is 12.2. The third kappa shape index (κ3) is 5.41. The number of carbonyl (C=O) groups excluding carboxylic acids is 3. The van der Waals surface area contributed by atoms with Gasteiger partial charge >= 0.3 is 5.97 Å². The zero-order chi connectivity index (χ0) is 20.2. The Kier molecular flexibility index (Phi) is 6.39. The largest absolute Gasteiger partial charge is 0.447 e. The molecule has 0 unspecified atom stereocenters. The summed E-state index contributed by atoms with van der Waals surface area (Å²) in [6, 6.07) is 13.3. The standard InChI is InChI=1S/C21H22ClNO4/c1-13(24)16-12-15(22)10-11-17(16)23-19(25)18(14-8-6-5-7-9-14)27-20(26)21(2,3)4/h5-12,18H,1-4H3,(H,23,25)/t18-/m0/s1. The third-order valence-electron chi connectivity index (χ3n) is 3.80. The average molecular weight is 388 g/mol. The second kappa shape index (κ2) is 8.35. The van der Waals surface area contributed by atoms with E-state index in [1.165, 1.54) is 13.0 Å². The summed E-state index contributed by atoms with van der Waals surface area (Å²) in [5, 5.41) is 3.06. The second-order valence-electron chi connectivity index (χ2n) is 7.18. The lowest BCUT2D eigenvalue weighted by Crippen LogP contribution is -2.31. The third-order valence-corrected chi connectivity index (χ3v) is 4.03. The van der Waals surface area contributed by atoms with Crippen LogP contribution in [0.15, 0.2) is 48.5 Å². The maximum Gasteiger partial charge on any atom is 0.312 e. The van der Waals surface area contributed by atoms with Gasteiger partial charge in [-0.05, 0) is 45.9 Å². The number of rotatable bonds is 5. The van der Waals surface area contributed by atoms with E-state index >= 15 is 0 Å². The molecular formula is C21H22ClNO4. The van der Waals surface area contributed by atoms with Crippen molar-refractivity contribution in [2.75, 3.05) is 5.32 Å². The number of amides is 1. The SMILES string of the molecule is CC(=O)c1cc(Cl)ccc1NC(=O)[C@@H](OC(=O)C(C)(C)C)c1ccccc1. The number of halogens is 1. The highest BCUT2D eigenvalue weighted by molar-refractivity contribution is 6.31. The monoisotopic (exact) mass is 387 g/mol. The lowest BCUT2D eigenvalue weighted by Gasteiger charge is -2.23. The quantitative estimate of drug-likeness (QED) is 0.590. The van der Waals surface area contributed by atoms with Crippen molar-refractivity contribution in [1.82, 2.24) is 0 Å². The Morgan fingerprint density at radius 2 is 1.67 bits per heavy atom. The van der Waals surface area contributed by atoms with Crippen LogP contribution < -0.4 is 5.32 Å². The smallest absolute Gasteiger partial charge is 0.312 e. The first-order valence-electron chi connectivity index (χ1n) is 8.47. The van der Waals surface area contributed by atoms with Crippen LogP contribution in [0.3, 0.4) is 0 Å². The van der Waals surface area contributed by atoms with Crippen LogP contribution in [0.1, 0.15) is 49.7 Å². The number of carbonyl (C=O) groups is 3. The van der Waals surface area contributed by atoms with E-state index in [0.717, 1.165) is 0 Å². The van der Waals surface area contributed by atoms with E-state index in [9.17, 15) is 14.4 Å². The fraction of sp³-hybridized carbons (Fsp3) is 0.286. The van der Waals surface area contributed by atoms with Crippen LogP contribution in [0.5, 0.6) is 0 Å². The molecule has 0 aromatic heterocycles. The highest BCUT2D eigenvalue weighted by atomic mass is 35.5. The van der Waals surface area contributed by atoms with Gasteiger partial charge in [-0.15, -0.1) is 0 Å². The van der Waals surface area contributed by atoms with Crippen LogP contribution in [0.2, 0.25) is 5.02 Å². The minimum atomic E-state index is -1.14. The lowest BCUT2D eigenvalue weighted by molar-refractivity contribution is -0.162. The zero-order valence-corrected chi connectivity index (χ0v) is 16.5. The van der Waals surface area contributed by atoms with Gasteiger partial charge in [-0.2, -0.15) is 0 Å². The van der Waals surface area contributed by atoms with E-state index in [-0.39, 0.29) is 11.3 Å². The summed E-state index contributed by atoms with van der Waals surface area (Å²) in [5.74, 6) is -1.30. The van der Waals surface area contributed by atoms with Gasteiger partial charge in [0.05, 0.1) is 11.1 Å². The molecule has 142 valence electrons. The summed E-state index contributed by atoms with van der Waals surface area (Å²) in [5.41, 5.74) is 0.360. The van der Waals surface area contributed by atoms with E-state index in [4.69, 9.17) is 16.3 Å². The molecule has 1 atom stereocenters. The molecule has 0 saturated carbocycles. The summed E-state index contributed by atoms with van der Waals surface area (Å²) in [7, 11) is 0. The summed E-state index contributed by atoms with van der Waals surface area (Å²) >= 11 is 5.94. The Morgan fingerprint density at radius 3 is 2.22 bits per heavy atom. The van der Waals surface area contributed by atoms with Crippen LogP contribution in [0, 0.1) is 5.41 Å². The minimum Gasteiger partial charge on any atom is -0.447 e. The van der Waals surface area contributed by atoms with Crippen molar-refractivity contribution in [3.05, 3.63) is 64.7 Å². The van der Waals surface area contributed by atoms with E-state index in [1.54, 1.807) is 63.2 Å². The fourth-order valence-electron chi connectivity index (χ4n) is 2.30. The van der Waals surface area contributed by atoms with Gasteiger partial charge in [0, 0.05) is 16.1 Å². The predicted molar refractivity (Wildman–Crippen MR) is 105 cm³/mol. The molecule has 6 heteroatoms. The summed E-state index contributed by atoms with van der Waals surface area (Å²) < 4.78 is 5.50.